The van der Waals surface area contributed by atoms with Crippen molar-refractivity contribution in [2.24, 2.45) is 0 Å². The van der Waals surface area contributed by atoms with Crippen molar-refractivity contribution in [3.05, 3.63) is 60.4 Å². The van der Waals surface area contributed by atoms with E-state index < -0.39 is 22.7 Å². The molecule has 0 saturated carbocycles. The zero-order chi connectivity index (χ0) is 24.7. The second kappa shape index (κ2) is 11.1. The minimum atomic E-state index is -0.590. The predicted molar refractivity (Wildman–Crippen MR) is 130 cm³/mol. The number of para-hydroxylation sites is 1. The molecule has 3 aromatic rings. The predicted octanol–water partition coefficient (Wildman–Crippen LogP) is 3.96. The first kappa shape index (κ1) is 25.1. The third kappa shape index (κ3) is 6.98. The molecule has 0 aliphatic rings. The Hall–Kier alpha value is -3.53. The van der Waals surface area contributed by atoms with Crippen LogP contribution >= 0.6 is 11.8 Å². The summed E-state index contributed by atoms with van der Waals surface area (Å²) in [6, 6.07) is 16.3. The molecule has 0 spiro atoms. The van der Waals surface area contributed by atoms with Crippen molar-refractivity contribution in [3.8, 4) is 17.2 Å². The average molecular weight is 484 g/mol. The summed E-state index contributed by atoms with van der Waals surface area (Å²) < 4.78 is 12.9. The van der Waals surface area contributed by atoms with Crippen LogP contribution in [-0.4, -0.2) is 44.6 Å². The van der Waals surface area contributed by atoms with Gasteiger partial charge < -0.3 is 14.8 Å². The summed E-state index contributed by atoms with van der Waals surface area (Å²) in [5, 5.41) is 13.6. The quantitative estimate of drug-likeness (QED) is 0.467. The van der Waals surface area contributed by atoms with Gasteiger partial charge in [-0.25, -0.2) is 4.79 Å². The molecular weight excluding hydrogens is 454 g/mol. The number of amides is 3. The molecule has 3 amide bonds. The molecule has 1 heterocycles. The number of rotatable bonds is 8. The first-order valence-corrected chi connectivity index (χ1v) is 11.6. The van der Waals surface area contributed by atoms with Crippen molar-refractivity contribution in [3.63, 3.8) is 0 Å². The Balaban J connectivity index is 1.76. The first-order valence-electron chi connectivity index (χ1n) is 10.7. The fraction of sp³-hybridized carbons (Fsp3) is 0.333. The third-order valence-electron chi connectivity index (χ3n) is 4.52. The van der Waals surface area contributed by atoms with Crippen LogP contribution in [0.1, 0.15) is 33.5 Å². The van der Waals surface area contributed by atoms with Gasteiger partial charge in [-0.3, -0.25) is 14.7 Å². The average Bonchev–Trinajstić information content (AvgIpc) is 3.19. The second-order valence-corrected chi connectivity index (χ2v) is 9.80. The Morgan fingerprint density at radius 2 is 1.68 bits per heavy atom. The third-order valence-corrected chi connectivity index (χ3v) is 5.56. The molecule has 0 radical (unpaired) electrons. The van der Waals surface area contributed by atoms with E-state index in [1.807, 2.05) is 79.9 Å². The molecule has 2 N–H and O–H groups in total. The van der Waals surface area contributed by atoms with Crippen LogP contribution in [-0.2, 0) is 11.4 Å². The fourth-order valence-electron chi connectivity index (χ4n) is 2.92. The van der Waals surface area contributed by atoms with E-state index in [-0.39, 0.29) is 6.61 Å². The van der Waals surface area contributed by atoms with E-state index in [4.69, 9.17) is 9.47 Å². The molecule has 0 bridgehead atoms. The Labute approximate surface area is 203 Å². The molecule has 1 unspecified atom stereocenters. The zero-order valence-corrected chi connectivity index (χ0v) is 20.7. The summed E-state index contributed by atoms with van der Waals surface area (Å²) >= 11 is 1.21. The maximum atomic E-state index is 12.6. The van der Waals surface area contributed by atoms with Gasteiger partial charge in [-0.2, -0.15) is 0 Å². The van der Waals surface area contributed by atoms with Crippen molar-refractivity contribution < 1.29 is 19.1 Å². The van der Waals surface area contributed by atoms with Crippen molar-refractivity contribution in [2.45, 2.75) is 50.2 Å². The highest BCUT2D eigenvalue weighted by atomic mass is 32.2. The van der Waals surface area contributed by atoms with Gasteiger partial charge in [0.2, 0.25) is 5.91 Å². The lowest BCUT2D eigenvalue weighted by Gasteiger charge is -2.21. The van der Waals surface area contributed by atoms with Crippen molar-refractivity contribution in [1.82, 2.24) is 25.4 Å². The van der Waals surface area contributed by atoms with E-state index in [2.05, 4.69) is 20.8 Å². The lowest BCUT2D eigenvalue weighted by atomic mass is 10.1. The van der Waals surface area contributed by atoms with Crippen LogP contribution in [0.2, 0.25) is 0 Å². The van der Waals surface area contributed by atoms with E-state index >= 15 is 0 Å². The number of hydrogen-bond acceptors (Lipinski definition) is 7. The molecule has 0 saturated heterocycles. The van der Waals surface area contributed by atoms with E-state index in [9.17, 15) is 9.59 Å². The summed E-state index contributed by atoms with van der Waals surface area (Å²) in [5.41, 5.74) is 0.383. The maximum Gasteiger partial charge on any atom is 0.321 e. The highest BCUT2D eigenvalue weighted by molar-refractivity contribution is 8.00. The van der Waals surface area contributed by atoms with E-state index in [0.717, 1.165) is 11.4 Å². The highest BCUT2D eigenvalue weighted by Gasteiger charge is 2.24. The number of thioether (sulfide) groups is 1. The number of urea groups is 1. The van der Waals surface area contributed by atoms with Gasteiger partial charge >= 0.3 is 6.03 Å². The van der Waals surface area contributed by atoms with Gasteiger partial charge in [0, 0.05) is 11.2 Å². The lowest BCUT2D eigenvalue weighted by molar-refractivity contribution is -0.119. The molecule has 3 rings (SSSR count). The number of ether oxygens (including phenoxy) is 2. The Morgan fingerprint density at radius 3 is 2.29 bits per heavy atom. The van der Waals surface area contributed by atoms with Gasteiger partial charge in [0.25, 0.3) is 0 Å². The van der Waals surface area contributed by atoms with Crippen LogP contribution in [0.4, 0.5) is 4.79 Å². The Kier molecular flexibility index (Phi) is 8.17. The molecule has 34 heavy (non-hydrogen) atoms. The van der Waals surface area contributed by atoms with Crippen LogP contribution in [0.15, 0.2) is 59.8 Å². The normalized spacial score (nSPS) is 12.0. The molecule has 1 aromatic heterocycles. The van der Waals surface area contributed by atoms with Crippen molar-refractivity contribution in [1.29, 1.82) is 0 Å². The number of imide groups is 1. The van der Waals surface area contributed by atoms with Gasteiger partial charge in [-0.1, -0.05) is 30.0 Å². The standard InChI is InChI=1S/C24H29N5O4S/c1-16(21(30)25-22(31)26-24(2,3)4)34-23-28-27-20(29(23)17-9-7-6-8-10-17)15-33-19-13-11-18(32-5)12-14-19/h6-14,16H,15H2,1-5H3,(H2,25,26,30,31). The van der Waals surface area contributed by atoms with E-state index in [1.165, 1.54) is 11.8 Å². The number of nitrogens with one attached hydrogen (secondary N) is 2. The minimum Gasteiger partial charge on any atom is -0.497 e. The molecule has 1 atom stereocenters. The van der Waals surface area contributed by atoms with Crippen molar-refractivity contribution in [2.75, 3.05) is 7.11 Å². The van der Waals surface area contributed by atoms with Gasteiger partial charge in [0.15, 0.2) is 11.0 Å². The van der Waals surface area contributed by atoms with Gasteiger partial charge in [0.05, 0.1) is 12.4 Å². The topological polar surface area (TPSA) is 107 Å². The number of aromatic nitrogens is 3. The first-order chi connectivity index (χ1) is 16.2. The van der Waals surface area contributed by atoms with Gasteiger partial charge in [0.1, 0.15) is 18.1 Å². The minimum absolute atomic E-state index is 0.170. The summed E-state index contributed by atoms with van der Waals surface area (Å²) in [7, 11) is 1.61. The molecule has 2 aromatic carbocycles. The summed E-state index contributed by atoms with van der Waals surface area (Å²) in [5.74, 6) is 1.55. The largest absolute Gasteiger partial charge is 0.497 e. The highest BCUT2D eigenvalue weighted by Crippen LogP contribution is 2.27. The molecule has 0 aliphatic heterocycles. The smallest absolute Gasteiger partial charge is 0.321 e. The number of hydrogen-bond donors (Lipinski definition) is 2. The van der Waals surface area contributed by atoms with E-state index in [0.29, 0.717) is 16.7 Å². The number of methoxy groups -OCH3 is 1. The van der Waals surface area contributed by atoms with Crippen LogP contribution in [0, 0.1) is 0 Å². The molecule has 0 fully saturated rings. The van der Waals surface area contributed by atoms with Crippen LogP contribution in [0.3, 0.4) is 0 Å². The lowest BCUT2D eigenvalue weighted by Crippen LogP contribution is -2.49. The van der Waals surface area contributed by atoms with Gasteiger partial charge in [-0.05, 0) is 64.1 Å². The number of nitrogens with zero attached hydrogens (tertiary/aromatic N) is 3. The maximum absolute atomic E-state index is 12.6. The molecule has 180 valence electrons. The van der Waals surface area contributed by atoms with Crippen LogP contribution < -0.4 is 20.1 Å². The molecule has 9 nitrogen and oxygen atoms in total. The number of carbonyl (C=O) groups is 2. The molecule has 10 heteroatoms. The zero-order valence-electron chi connectivity index (χ0n) is 19.9. The molecular formula is C24H29N5O4S. The Morgan fingerprint density at radius 1 is 1.03 bits per heavy atom. The van der Waals surface area contributed by atoms with Crippen molar-refractivity contribution >= 4 is 23.7 Å². The number of benzene rings is 2. The summed E-state index contributed by atoms with van der Waals surface area (Å²) in [6.07, 6.45) is 0. The Bertz CT molecular complexity index is 1110. The second-order valence-electron chi connectivity index (χ2n) is 8.49. The fourth-order valence-corrected chi connectivity index (χ4v) is 3.81. The number of carbonyl (C=O) groups excluding carboxylic acids is 2. The van der Waals surface area contributed by atoms with E-state index in [1.54, 1.807) is 14.0 Å². The molecule has 0 aliphatic carbocycles. The van der Waals surface area contributed by atoms with Gasteiger partial charge in [-0.15, -0.1) is 10.2 Å². The SMILES string of the molecule is COc1ccc(OCc2nnc(SC(C)C(=O)NC(=O)NC(C)(C)C)n2-c2ccccc2)cc1. The van der Waals surface area contributed by atoms with Crippen LogP contribution in [0.25, 0.3) is 5.69 Å². The monoisotopic (exact) mass is 483 g/mol. The van der Waals surface area contributed by atoms with Crippen LogP contribution in [0.5, 0.6) is 11.5 Å². The summed E-state index contributed by atoms with van der Waals surface area (Å²) in [4.78, 5) is 24.6. The summed E-state index contributed by atoms with van der Waals surface area (Å²) in [6.45, 7) is 7.40.